The molecule has 2 aliphatic heterocycles. The highest BCUT2D eigenvalue weighted by molar-refractivity contribution is 6.10. The molecular weight excluding hydrogens is 536 g/mol. The Balaban J connectivity index is 1.32. The molecule has 3 heterocycles. The van der Waals surface area contributed by atoms with Gasteiger partial charge in [0.25, 0.3) is 5.91 Å². The Kier molecular flexibility index (Phi) is 9.29. The van der Waals surface area contributed by atoms with Gasteiger partial charge in [-0.15, -0.1) is 0 Å². The van der Waals surface area contributed by atoms with Crippen LogP contribution < -0.4 is 15.1 Å². The standard InChI is InChI=1S/C36H46N4O3/c1-26-25-39(36(42)34-17-11-22-43-34)33-24-29(18-19-32(33)40(26)27(2)41)28-13-10-14-30(23-28)35-37-20-12-21-38(35)31-15-8-6-4-3-5-7-9-16-31/h10-11,13-14,17-19,22-24,26,31,35,37H,3-9,12,15-16,20-21,25H2,1-2H3/t26-,35?/m0/s1. The molecule has 7 heteroatoms. The predicted octanol–water partition coefficient (Wildman–Crippen LogP) is 7.54. The van der Waals surface area contributed by atoms with Crippen molar-refractivity contribution in [3.63, 3.8) is 0 Å². The maximum Gasteiger partial charge on any atom is 0.294 e. The average Bonchev–Trinajstić information content (AvgIpc) is 3.58. The summed E-state index contributed by atoms with van der Waals surface area (Å²) in [4.78, 5) is 32.5. The fraction of sp³-hybridized carbons (Fsp3) is 0.500. The van der Waals surface area contributed by atoms with Crippen LogP contribution in [-0.4, -0.2) is 48.4 Å². The van der Waals surface area contributed by atoms with E-state index >= 15 is 0 Å². The van der Waals surface area contributed by atoms with Crippen LogP contribution in [0, 0.1) is 0 Å². The number of fused-ring (bicyclic) bond motifs is 1. The Morgan fingerprint density at radius 3 is 2.30 bits per heavy atom. The molecular formula is C36H46N4O3. The summed E-state index contributed by atoms with van der Waals surface area (Å²) in [7, 11) is 0. The summed E-state index contributed by atoms with van der Waals surface area (Å²) in [6, 6.07) is 18.9. The van der Waals surface area contributed by atoms with Crippen LogP contribution in [0.15, 0.2) is 65.3 Å². The van der Waals surface area contributed by atoms with Crippen molar-refractivity contribution in [2.24, 2.45) is 0 Å². The summed E-state index contributed by atoms with van der Waals surface area (Å²) < 4.78 is 5.48. The third-order valence-corrected chi connectivity index (χ3v) is 9.57. The van der Waals surface area contributed by atoms with E-state index in [0.29, 0.717) is 18.3 Å². The number of hydrogen-bond acceptors (Lipinski definition) is 5. The molecule has 1 unspecified atom stereocenters. The van der Waals surface area contributed by atoms with Crippen LogP contribution >= 0.6 is 0 Å². The largest absolute Gasteiger partial charge is 0.459 e. The summed E-state index contributed by atoms with van der Waals surface area (Å²) in [5, 5.41) is 3.85. The first-order valence-electron chi connectivity index (χ1n) is 16.4. The van der Waals surface area contributed by atoms with Crippen molar-refractivity contribution >= 4 is 23.2 Å². The van der Waals surface area contributed by atoms with Crippen molar-refractivity contribution in [2.45, 2.75) is 96.3 Å². The summed E-state index contributed by atoms with van der Waals surface area (Å²) in [6.07, 6.45) is 15.0. The van der Waals surface area contributed by atoms with Gasteiger partial charge in [0.1, 0.15) is 0 Å². The molecule has 2 aromatic carbocycles. The molecule has 1 N–H and O–H groups in total. The van der Waals surface area contributed by atoms with Gasteiger partial charge in [-0.25, -0.2) is 0 Å². The van der Waals surface area contributed by atoms with Gasteiger partial charge in [-0.3, -0.25) is 19.8 Å². The van der Waals surface area contributed by atoms with E-state index < -0.39 is 0 Å². The normalized spacial score (nSPS) is 22.7. The molecule has 43 heavy (non-hydrogen) atoms. The van der Waals surface area contributed by atoms with Gasteiger partial charge in [0.05, 0.1) is 29.8 Å². The summed E-state index contributed by atoms with van der Waals surface area (Å²) in [5.74, 6) is 0.0726. The lowest BCUT2D eigenvalue weighted by molar-refractivity contribution is -0.117. The topological polar surface area (TPSA) is 69.0 Å². The predicted molar refractivity (Wildman–Crippen MR) is 172 cm³/mol. The molecule has 3 aromatic rings. The number of nitrogens with one attached hydrogen (secondary N) is 1. The molecule has 228 valence electrons. The Labute approximate surface area is 256 Å². The molecule has 2 amide bonds. The molecule has 6 rings (SSSR count). The van der Waals surface area contributed by atoms with Crippen LogP contribution in [0.3, 0.4) is 0 Å². The number of amides is 2. The molecule has 1 saturated carbocycles. The average molecular weight is 583 g/mol. The van der Waals surface area contributed by atoms with Crippen molar-refractivity contribution in [1.29, 1.82) is 0 Å². The van der Waals surface area contributed by atoms with Gasteiger partial charge < -0.3 is 14.2 Å². The van der Waals surface area contributed by atoms with Crippen LogP contribution in [0.5, 0.6) is 0 Å². The van der Waals surface area contributed by atoms with Gasteiger partial charge >= 0.3 is 0 Å². The number of rotatable bonds is 4. The van der Waals surface area contributed by atoms with E-state index in [9.17, 15) is 9.59 Å². The van der Waals surface area contributed by atoms with E-state index in [4.69, 9.17) is 4.42 Å². The molecule has 1 aromatic heterocycles. The Morgan fingerprint density at radius 2 is 1.58 bits per heavy atom. The van der Waals surface area contributed by atoms with Gasteiger partial charge in [-0.1, -0.05) is 69.2 Å². The fourth-order valence-electron chi connectivity index (χ4n) is 7.47. The monoisotopic (exact) mass is 582 g/mol. The highest BCUT2D eigenvalue weighted by atomic mass is 16.3. The van der Waals surface area contributed by atoms with E-state index in [1.165, 1.54) is 76.0 Å². The van der Waals surface area contributed by atoms with E-state index in [1.807, 2.05) is 13.0 Å². The Bertz CT molecular complexity index is 1390. The molecule has 1 saturated heterocycles. The van der Waals surface area contributed by atoms with Gasteiger partial charge in [-0.05, 0) is 79.8 Å². The van der Waals surface area contributed by atoms with Gasteiger partial charge in [0, 0.05) is 26.1 Å². The minimum Gasteiger partial charge on any atom is -0.459 e. The molecule has 1 aliphatic carbocycles. The Hall–Kier alpha value is -3.42. The van der Waals surface area contributed by atoms with Crippen molar-refractivity contribution in [3.8, 4) is 11.1 Å². The van der Waals surface area contributed by atoms with Gasteiger partial charge in [0.2, 0.25) is 5.91 Å². The van der Waals surface area contributed by atoms with Crippen molar-refractivity contribution in [3.05, 3.63) is 72.2 Å². The third-order valence-electron chi connectivity index (χ3n) is 9.57. The zero-order valence-corrected chi connectivity index (χ0v) is 25.8. The van der Waals surface area contributed by atoms with Crippen molar-refractivity contribution in [2.75, 3.05) is 29.4 Å². The smallest absolute Gasteiger partial charge is 0.294 e. The lowest BCUT2D eigenvalue weighted by atomic mass is 9.93. The van der Waals surface area contributed by atoms with Crippen molar-refractivity contribution < 1.29 is 14.0 Å². The lowest BCUT2D eigenvalue weighted by Gasteiger charge is -2.42. The zero-order chi connectivity index (χ0) is 29.8. The summed E-state index contributed by atoms with van der Waals surface area (Å²) in [6.45, 7) is 6.13. The van der Waals surface area contributed by atoms with Gasteiger partial charge in [0.15, 0.2) is 5.76 Å². The van der Waals surface area contributed by atoms with E-state index in [-0.39, 0.29) is 24.0 Å². The van der Waals surface area contributed by atoms with Crippen molar-refractivity contribution in [1.82, 2.24) is 10.2 Å². The van der Waals surface area contributed by atoms with Gasteiger partial charge in [-0.2, -0.15) is 0 Å². The molecule has 3 aliphatic rings. The summed E-state index contributed by atoms with van der Waals surface area (Å²) in [5.41, 5.74) is 4.90. The summed E-state index contributed by atoms with van der Waals surface area (Å²) >= 11 is 0. The van der Waals surface area contributed by atoms with E-state index in [1.54, 1.807) is 28.9 Å². The van der Waals surface area contributed by atoms with Crippen LogP contribution in [0.4, 0.5) is 11.4 Å². The molecule has 0 spiro atoms. The number of hydrogen-bond donors (Lipinski definition) is 1. The molecule has 0 bridgehead atoms. The highest BCUT2D eigenvalue weighted by Crippen LogP contribution is 2.40. The fourth-order valence-corrected chi connectivity index (χ4v) is 7.47. The lowest BCUT2D eigenvalue weighted by Crippen LogP contribution is -2.51. The van der Waals surface area contributed by atoms with Crippen LogP contribution in [0.2, 0.25) is 0 Å². The first kappa shape index (κ1) is 29.6. The molecule has 2 atom stereocenters. The second kappa shape index (κ2) is 13.5. The minimum absolute atomic E-state index is 0.0300. The highest BCUT2D eigenvalue weighted by Gasteiger charge is 2.35. The zero-order valence-electron chi connectivity index (χ0n) is 25.8. The van der Waals surface area contributed by atoms with E-state index in [2.05, 4.69) is 46.6 Å². The second-order valence-corrected chi connectivity index (χ2v) is 12.6. The molecule has 7 nitrogen and oxygen atoms in total. The quantitative estimate of drug-likeness (QED) is 0.344. The number of carbonyl (C=O) groups is 2. The van der Waals surface area contributed by atoms with Crippen LogP contribution in [0.25, 0.3) is 11.1 Å². The first-order chi connectivity index (χ1) is 21.0. The first-order valence-corrected chi connectivity index (χ1v) is 16.4. The second-order valence-electron chi connectivity index (χ2n) is 12.6. The number of furan rings is 1. The maximum absolute atomic E-state index is 13.5. The van der Waals surface area contributed by atoms with Crippen LogP contribution in [0.1, 0.15) is 100 Å². The number of benzene rings is 2. The minimum atomic E-state index is -0.194. The Morgan fingerprint density at radius 1 is 0.837 bits per heavy atom. The number of nitrogens with zero attached hydrogens (tertiary/aromatic N) is 3. The molecule has 2 fully saturated rings. The maximum atomic E-state index is 13.5. The number of carbonyl (C=O) groups excluding carboxylic acids is 2. The van der Waals surface area contributed by atoms with E-state index in [0.717, 1.165) is 35.6 Å². The van der Waals surface area contributed by atoms with Crippen LogP contribution in [-0.2, 0) is 4.79 Å². The SMILES string of the molecule is CC(=O)N1c2ccc(-c3cccc(C4NCCCN4C4CCCCCCCCC4)c3)cc2N(C(=O)c2ccco2)C[C@@H]1C. The molecule has 0 radical (unpaired) electrons. The third kappa shape index (κ3) is 6.43. The number of anilines is 2.